The Hall–Kier alpha value is -3.35. The minimum Gasteiger partial charge on any atom is -0.463 e. The van der Waals surface area contributed by atoms with Crippen LogP contribution in [0.3, 0.4) is 0 Å². The zero-order valence-electron chi connectivity index (χ0n) is 15.4. The average Bonchev–Trinajstić information content (AvgIpc) is 3.36. The molecule has 0 bridgehead atoms. The summed E-state index contributed by atoms with van der Waals surface area (Å²) in [4.78, 5) is 26.6. The summed E-state index contributed by atoms with van der Waals surface area (Å²) in [5.41, 5.74) is 1.69. The predicted molar refractivity (Wildman–Crippen MR) is 102 cm³/mol. The van der Waals surface area contributed by atoms with Crippen LogP contribution in [0, 0.1) is 0 Å². The van der Waals surface area contributed by atoms with Crippen LogP contribution in [0.4, 0.5) is 0 Å². The molecule has 0 saturated carbocycles. The first-order chi connectivity index (χ1) is 13.1. The molecule has 0 saturated heterocycles. The number of hydrogen-bond acceptors (Lipinski definition) is 4. The molecule has 3 rings (SSSR count). The van der Waals surface area contributed by atoms with Gasteiger partial charge in [-0.2, -0.15) is 5.10 Å². The Balaban J connectivity index is 1.99. The van der Waals surface area contributed by atoms with E-state index < -0.39 is 0 Å². The lowest BCUT2D eigenvalue weighted by Gasteiger charge is -2.20. The van der Waals surface area contributed by atoms with Gasteiger partial charge in [0.05, 0.1) is 18.5 Å². The predicted octanol–water partition coefficient (Wildman–Crippen LogP) is 2.73. The summed E-state index contributed by atoms with van der Waals surface area (Å²) >= 11 is 0. The quantitative estimate of drug-likeness (QED) is 0.697. The second-order valence-electron chi connectivity index (χ2n) is 5.91. The molecule has 0 atom stereocenters. The van der Waals surface area contributed by atoms with Gasteiger partial charge in [0.2, 0.25) is 5.91 Å². The van der Waals surface area contributed by atoms with Crippen molar-refractivity contribution in [3.8, 4) is 17.1 Å². The van der Waals surface area contributed by atoms with E-state index in [4.69, 9.17) is 4.42 Å². The van der Waals surface area contributed by atoms with Gasteiger partial charge in [0.25, 0.3) is 5.91 Å². The first-order valence-electron chi connectivity index (χ1n) is 8.89. The number of amides is 2. The van der Waals surface area contributed by atoms with Crippen LogP contribution in [-0.2, 0) is 4.79 Å². The second kappa shape index (κ2) is 8.35. The number of carbonyl (C=O) groups is 2. The van der Waals surface area contributed by atoms with E-state index in [1.165, 1.54) is 4.90 Å². The van der Waals surface area contributed by atoms with Crippen LogP contribution in [0.2, 0.25) is 0 Å². The molecule has 0 aliphatic heterocycles. The number of para-hydroxylation sites is 1. The molecule has 2 amide bonds. The van der Waals surface area contributed by atoms with Crippen LogP contribution in [0.5, 0.6) is 0 Å². The average molecular weight is 366 g/mol. The van der Waals surface area contributed by atoms with Crippen LogP contribution in [0.15, 0.2) is 59.2 Å². The van der Waals surface area contributed by atoms with Crippen molar-refractivity contribution in [1.29, 1.82) is 0 Å². The van der Waals surface area contributed by atoms with Gasteiger partial charge in [-0.05, 0) is 38.1 Å². The first-order valence-corrected chi connectivity index (χ1v) is 8.89. The zero-order chi connectivity index (χ0) is 19.2. The van der Waals surface area contributed by atoms with Gasteiger partial charge in [-0.1, -0.05) is 18.2 Å². The molecule has 3 aromatic rings. The molecule has 0 aliphatic rings. The highest BCUT2D eigenvalue weighted by atomic mass is 16.3. The highest BCUT2D eigenvalue weighted by molar-refractivity contribution is 5.96. The Kier molecular flexibility index (Phi) is 5.71. The monoisotopic (exact) mass is 366 g/mol. The molecular formula is C20H22N4O3. The molecule has 0 unspecified atom stereocenters. The van der Waals surface area contributed by atoms with Gasteiger partial charge < -0.3 is 14.6 Å². The number of nitrogens with zero attached hydrogens (tertiary/aromatic N) is 3. The maximum absolute atomic E-state index is 13.1. The van der Waals surface area contributed by atoms with Crippen molar-refractivity contribution in [3.05, 3.63) is 60.5 Å². The van der Waals surface area contributed by atoms with Crippen LogP contribution >= 0.6 is 0 Å². The summed E-state index contributed by atoms with van der Waals surface area (Å²) in [6, 6.07) is 14.6. The van der Waals surface area contributed by atoms with E-state index in [1.807, 2.05) is 44.2 Å². The van der Waals surface area contributed by atoms with Crippen molar-refractivity contribution in [3.63, 3.8) is 0 Å². The molecule has 7 heteroatoms. The number of hydrogen-bond donors (Lipinski definition) is 1. The van der Waals surface area contributed by atoms with Crippen molar-refractivity contribution in [2.24, 2.45) is 0 Å². The molecule has 0 fully saturated rings. The first kappa shape index (κ1) is 18.4. The van der Waals surface area contributed by atoms with Crippen LogP contribution in [-0.4, -0.2) is 46.1 Å². The smallest absolute Gasteiger partial charge is 0.273 e. The SMILES string of the molecule is CCNC(=O)CN(CC)C(=O)c1cc(-c2ccco2)nn1-c1ccccc1. The highest BCUT2D eigenvalue weighted by Crippen LogP contribution is 2.23. The van der Waals surface area contributed by atoms with Gasteiger partial charge in [0, 0.05) is 19.2 Å². The summed E-state index contributed by atoms with van der Waals surface area (Å²) in [6.07, 6.45) is 1.56. The normalized spacial score (nSPS) is 10.6. The number of nitrogens with one attached hydrogen (secondary N) is 1. The number of carbonyl (C=O) groups excluding carboxylic acids is 2. The van der Waals surface area contributed by atoms with E-state index in [-0.39, 0.29) is 18.4 Å². The van der Waals surface area contributed by atoms with Crippen molar-refractivity contribution in [2.45, 2.75) is 13.8 Å². The van der Waals surface area contributed by atoms with E-state index in [9.17, 15) is 9.59 Å². The van der Waals surface area contributed by atoms with E-state index in [0.29, 0.717) is 30.2 Å². The Morgan fingerprint density at radius 2 is 1.93 bits per heavy atom. The summed E-state index contributed by atoms with van der Waals surface area (Å²) in [5.74, 6) is 0.119. The van der Waals surface area contributed by atoms with E-state index in [1.54, 1.807) is 29.1 Å². The van der Waals surface area contributed by atoms with E-state index in [0.717, 1.165) is 5.69 Å². The van der Waals surface area contributed by atoms with Crippen molar-refractivity contribution in [2.75, 3.05) is 19.6 Å². The van der Waals surface area contributed by atoms with Crippen LogP contribution < -0.4 is 5.32 Å². The molecule has 140 valence electrons. The molecule has 7 nitrogen and oxygen atoms in total. The Morgan fingerprint density at radius 1 is 1.15 bits per heavy atom. The fraction of sp³-hybridized carbons (Fsp3) is 0.250. The molecule has 0 aliphatic carbocycles. The number of furan rings is 1. The Morgan fingerprint density at radius 3 is 2.56 bits per heavy atom. The molecule has 27 heavy (non-hydrogen) atoms. The van der Waals surface area contributed by atoms with E-state index >= 15 is 0 Å². The lowest BCUT2D eigenvalue weighted by molar-refractivity contribution is -0.121. The maximum Gasteiger partial charge on any atom is 0.273 e. The number of benzene rings is 1. The third-order valence-corrected chi connectivity index (χ3v) is 4.08. The summed E-state index contributed by atoms with van der Waals surface area (Å²) in [7, 11) is 0. The van der Waals surface area contributed by atoms with Gasteiger partial charge >= 0.3 is 0 Å². The van der Waals surface area contributed by atoms with Gasteiger partial charge in [-0.25, -0.2) is 4.68 Å². The highest BCUT2D eigenvalue weighted by Gasteiger charge is 2.24. The summed E-state index contributed by atoms with van der Waals surface area (Å²) < 4.78 is 7.01. The summed E-state index contributed by atoms with van der Waals surface area (Å²) in [5, 5.41) is 7.27. The number of rotatable bonds is 7. The van der Waals surface area contributed by atoms with Gasteiger partial charge in [0.1, 0.15) is 11.4 Å². The lowest BCUT2D eigenvalue weighted by atomic mass is 10.2. The van der Waals surface area contributed by atoms with Crippen LogP contribution in [0.1, 0.15) is 24.3 Å². The van der Waals surface area contributed by atoms with E-state index in [2.05, 4.69) is 10.4 Å². The minimum atomic E-state index is -0.266. The van der Waals surface area contributed by atoms with Crippen molar-refractivity contribution >= 4 is 11.8 Å². The fourth-order valence-electron chi connectivity index (χ4n) is 2.76. The fourth-order valence-corrected chi connectivity index (χ4v) is 2.76. The molecule has 0 spiro atoms. The maximum atomic E-state index is 13.1. The topological polar surface area (TPSA) is 80.4 Å². The van der Waals surface area contributed by atoms with Crippen LogP contribution in [0.25, 0.3) is 17.1 Å². The second-order valence-corrected chi connectivity index (χ2v) is 5.91. The van der Waals surface area contributed by atoms with Crippen molar-refractivity contribution < 1.29 is 14.0 Å². The summed E-state index contributed by atoms with van der Waals surface area (Å²) in [6.45, 7) is 4.62. The third kappa shape index (κ3) is 4.08. The Bertz CT molecular complexity index is 901. The standard InChI is InChI=1S/C20H22N4O3/c1-3-21-19(25)14-23(4-2)20(26)17-13-16(18-11-8-12-27-18)22-24(17)15-9-6-5-7-10-15/h5-13H,3-4,14H2,1-2H3,(H,21,25). The lowest BCUT2D eigenvalue weighted by Crippen LogP contribution is -2.41. The number of aromatic nitrogens is 2. The van der Waals surface area contributed by atoms with Gasteiger partial charge in [-0.3, -0.25) is 9.59 Å². The largest absolute Gasteiger partial charge is 0.463 e. The third-order valence-electron chi connectivity index (χ3n) is 4.08. The zero-order valence-corrected chi connectivity index (χ0v) is 15.4. The number of likely N-dealkylation sites (N-methyl/N-ethyl adjacent to an activating group) is 2. The Labute approximate surface area is 157 Å². The molecule has 2 heterocycles. The van der Waals surface area contributed by atoms with Gasteiger partial charge in [-0.15, -0.1) is 0 Å². The molecular weight excluding hydrogens is 344 g/mol. The molecule has 1 aromatic carbocycles. The van der Waals surface area contributed by atoms with Gasteiger partial charge in [0.15, 0.2) is 5.76 Å². The molecule has 2 aromatic heterocycles. The molecule has 0 radical (unpaired) electrons. The molecule has 1 N–H and O–H groups in total. The van der Waals surface area contributed by atoms with Crippen molar-refractivity contribution in [1.82, 2.24) is 20.0 Å². The minimum absolute atomic E-state index is 0.000766.